The van der Waals surface area contributed by atoms with Crippen LogP contribution in [-0.2, 0) is 21.7 Å². The van der Waals surface area contributed by atoms with E-state index in [1.54, 1.807) is 0 Å². The standard InChI is InChI=1S/C32H40FN3O3/c1-18-19-8-9-30(5)23(29(19,4)16-21(34-7)26(18)38)14-22(37)25-20-15-28(2,3)10-12-32(20,13-11-31(25,30)6)27-36-35-24(17-33)39-27/h14,16,18-20,25H,8-13,15,17H2,1-6H3/t18-,19-,20-,25-,29-,30+,31+,32-/m0/s1. The summed E-state index contributed by atoms with van der Waals surface area (Å²) >= 11 is 0. The van der Waals surface area contributed by atoms with E-state index < -0.39 is 17.5 Å². The number of nitrogens with zero attached hydrogens (tertiary/aromatic N) is 3. The molecule has 208 valence electrons. The second-order valence-electron chi connectivity index (χ2n) is 14.7. The number of halogens is 1. The van der Waals surface area contributed by atoms with Gasteiger partial charge in [0.05, 0.1) is 12.0 Å². The second-order valence-corrected chi connectivity index (χ2v) is 14.7. The Bertz CT molecular complexity index is 1370. The van der Waals surface area contributed by atoms with Gasteiger partial charge in [-0.15, -0.1) is 10.2 Å². The Labute approximate surface area is 230 Å². The molecule has 0 radical (unpaired) electrons. The van der Waals surface area contributed by atoms with Crippen molar-refractivity contribution in [3.8, 4) is 0 Å². The Morgan fingerprint density at radius 1 is 1.05 bits per heavy atom. The number of carbonyl (C=O) groups excluding carboxylic acids is 2. The Morgan fingerprint density at radius 2 is 1.77 bits per heavy atom. The lowest BCUT2D eigenvalue weighted by atomic mass is 9.35. The fourth-order valence-corrected chi connectivity index (χ4v) is 10.1. The molecule has 0 N–H and O–H groups in total. The third-order valence-corrected chi connectivity index (χ3v) is 12.5. The molecule has 0 aromatic carbocycles. The van der Waals surface area contributed by atoms with Crippen LogP contribution in [0.1, 0.15) is 98.3 Å². The molecule has 7 heteroatoms. The third kappa shape index (κ3) is 3.29. The fourth-order valence-electron chi connectivity index (χ4n) is 10.1. The summed E-state index contributed by atoms with van der Waals surface area (Å²) in [5.74, 6) is 0.231. The highest BCUT2D eigenvalue weighted by molar-refractivity contribution is 6.01. The van der Waals surface area contributed by atoms with Gasteiger partial charge in [-0.25, -0.2) is 9.24 Å². The van der Waals surface area contributed by atoms with Crippen molar-refractivity contribution in [1.82, 2.24) is 10.2 Å². The number of fused-ring (bicyclic) bond motifs is 7. The lowest BCUT2D eigenvalue weighted by molar-refractivity contribution is -0.159. The van der Waals surface area contributed by atoms with Gasteiger partial charge >= 0.3 is 0 Å². The maximum absolute atomic E-state index is 14.5. The molecular weight excluding hydrogens is 493 g/mol. The lowest BCUT2D eigenvalue weighted by Gasteiger charge is -2.68. The van der Waals surface area contributed by atoms with Crippen LogP contribution in [0.4, 0.5) is 4.39 Å². The molecule has 1 heterocycles. The van der Waals surface area contributed by atoms with E-state index in [1.807, 2.05) is 19.1 Å². The quantitative estimate of drug-likeness (QED) is 0.384. The summed E-state index contributed by atoms with van der Waals surface area (Å²) in [6.45, 7) is 20.2. The minimum Gasteiger partial charge on any atom is -0.422 e. The summed E-state index contributed by atoms with van der Waals surface area (Å²) in [4.78, 5) is 31.1. The SMILES string of the molecule is [C-]#[N+]C1=C[C@]2(C)C3=CC(=O)[C@@H]4[C@@H]5CC(C)(C)CC[C@]5(c5nnc(CF)o5)CC[C@@]4(C)[C@]3(C)CC[C@H]2[C@H](C)C1=O. The Hall–Kier alpha value is -2.62. The van der Waals surface area contributed by atoms with E-state index in [0.717, 1.165) is 50.5 Å². The van der Waals surface area contributed by atoms with Gasteiger partial charge in [-0.05, 0) is 79.1 Å². The highest BCUT2D eigenvalue weighted by Gasteiger charge is 2.70. The summed E-state index contributed by atoms with van der Waals surface area (Å²) in [5.41, 5.74) is -0.111. The molecule has 6 rings (SSSR count). The Morgan fingerprint density at radius 3 is 2.44 bits per heavy atom. The maximum atomic E-state index is 14.5. The summed E-state index contributed by atoms with van der Waals surface area (Å²) in [5, 5.41) is 8.35. The van der Waals surface area contributed by atoms with Gasteiger partial charge in [0.25, 0.3) is 0 Å². The van der Waals surface area contributed by atoms with Crippen LogP contribution in [0, 0.1) is 51.9 Å². The zero-order valence-electron chi connectivity index (χ0n) is 24.1. The van der Waals surface area contributed by atoms with Gasteiger partial charge in [0.1, 0.15) is 0 Å². The van der Waals surface area contributed by atoms with Crippen molar-refractivity contribution in [3.05, 3.63) is 46.6 Å². The van der Waals surface area contributed by atoms with E-state index in [0.29, 0.717) is 5.89 Å². The van der Waals surface area contributed by atoms with Gasteiger partial charge < -0.3 is 9.21 Å². The van der Waals surface area contributed by atoms with Crippen LogP contribution < -0.4 is 0 Å². The highest BCUT2D eigenvalue weighted by Crippen LogP contribution is 2.73. The first-order valence-electron chi connectivity index (χ1n) is 14.6. The van der Waals surface area contributed by atoms with Crippen molar-refractivity contribution in [2.24, 2.45) is 45.3 Å². The van der Waals surface area contributed by atoms with Crippen LogP contribution in [0.5, 0.6) is 0 Å². The summed E-state index contributed by atoms with van der Waals surface area (Å²) in [6.07, 6.45) is 9.97. The van der Waals surface area contributed by atoms with Gasteiger partial charge in [-0.1, -0.05) is 53.2 Å². The average molecular weight is 534 g/mol. The first-order chi connectivity index (χ1) is 18.3. The molecule has 5 aliphatic carbocycles. The van der Waals surface area contributed by atoms with E-state index >= 15 is 0 Å². The molecule has 0 aliphatic heterocycles. The van der Waals surface area contributed by atoms with Gasteiger partial charge in [-0.2, -0.15) is 0 Å². The third-order valence-electron chi connectivity index (χ3n) is 12.5. The van der Waals surface area contributed by atoms with Crippen LogP contribution in [0.2, 0.25) is 0 Å². The smallest absolute Gasteiger partial charge is 0.247 e. The van der Waals surface area contributed by atoms with E-state index in [-0.39, 0.29) is 63.1 Å². The predicted molar refractivity (Wildman–Crippen MR) is 144 cm³/mol. The largest absolute Gasteiger partial charge is 0.422 e. The Balaban J connectivity index is 1.52. The van der Waals surface area contributed by atoms with Crippen LogP contribution in [0.25, 0.3) is 4.85 Å². The maximum Gasteiger partial charge on any atom is 0.247 e. The van der Waals surface area contributed by atoms with Gasteiger partial charge in [0, 0.05) is 17.3 Å². The second kappa shape index (κ2) is 8.21. The molecule has 8 atom stereocenters. The molecule has 0 bridgehead atoms. The molecule has 0 spiro atoms. The summed E-state index contributed by atoms with van der Waals surface area (Å²) in [6, 6.07) is 0. The number of carbonyl (C=O) groups is 2. The van der Waals surface area contributed by atoms with Crippen molar-refractivity contribution in [1.29, 1.82) is 0 Å². The van der Waals surface area contributed by atoms with Gasteiger partial charge in [0.15, 0.2) is 18.2 Å². The number of Topliss-reactive ketones (excluding diaryl/α,β-unsaturated/α-hetero) is 1. The number of allylic oxidation sites excluding steroid dienone is 4. The van der Waals surface area contributed by atoms with Crippen molar-refractivity contribution in [3.63, 3.8) is 0 Å². The number of rotatable bonds is 2. The summed E-state index contributed by atoms with van der Waals surface area (Å²) in [7, 11) is 0. The van der Waals surface area contributed by atoms with Gasteiger partial charge in [-0.3, -0.25) is 4.79 Å². The molecule has 3 fully saturated rings. The highest BCUT2D eigenvalue weighted by atomic mass is 19.1. The number of ketones is 2. The molecule has 39 heavy (non-hydrogen) atoms. The van der Waals surface area contributed by atoms with Crippen LogP contribution in [-0.4, -0.2) is 21.8 Å². The average Bonchev–Trinajstić information content (AvgIpc) is 3.37. The first kappa shape index (κ1) is 26.6. The van der Waals surface area contributed by atoms with E-state index in [9.17, 15) is 14.0 Å². The predicted octanol–water partition coefficient (Wildman–Crippen LogP) is 6.97. The Kier molecular flexibility index (Phi) is 5.60. The minimum atomic E-state index is -0.787. The number of hydrogen-bond donors (Lipinski definition) is 0. The van der Waals surface area contributed by atoms with Crippen LogP contribution in [0.3, 0.4) is 0 Å². The molecule has 0 unspecified atom stereocenters. The zero-order valence-corrected chi connectivity index (χ0v) is 24.1. The number of aromatic nitrogens is 2. The number of alkyl halides is 1. The molecule has 1 aromatic heterocycles. The normalized spacial score (nSPS) is 44.7. The van der Waals surface area contributed by atoms with Crippen LogP contribution in [0.15, 0.2) is 27.8 Å². The van der Waals surface area contributed by atoms with Crippen molar-refractivity contribution in [2.75, 3.05) is 0 Å². The monoisotopic (exact) mass is 533 g/mol. The van der Waals surface area contributed by atoms with E-state index in [1.165, 1.54) is 0 Å². The fraction of sp³-hybridized carbons (Fsp3) is 0.719. The van der Waals surface area contributed by atoms with Crippen molar-refractivity contribution < 1.29 is 18.4 Å². The lowest BCUT2D eigenvalue weighted by Crippen LogP contribution is -2.65. The molecule has 1 aromatic rings. The van der Waals surface area contributed by atoms with Gasteiger partial charge in [0.2, 0.25) is 17.5 Å². The molecular formula is C32H40FN3O3. The van der Waals surface area contributed by atoms with Crippen molar-refractivity contribution in [2.45, 2.75) is 98.6 Å². The molecule has 0 amide bonds. The summed E-state index contributed by atoms with van der Waals surface area (Å²) < 4.78 is 19.4. The van der Waals surface area contributed by atoms with E-state index in [2.05, 4.69) is 49.7 Å². The first-order valence-corrected chi connectivity index (χ1v) is 14.6. The topological polar surface area (TPSA) is 77.4 Å². The number of hydrogen-bond acceptors (Lipinski definition) is 5. The molecule has 0 saturated heterocycles. The molecule has 5 aliphatic rings. The minimum absolute atomic E-state index is 0.00928. The molecule has 3 saturated carbocycles. The molecule has 6 nitrogen and oxygen atoms in total. The van der Waals surface area contributed by atoms with Crippen molar-refractivity contribution >= 4 is 11.6 Å². The van der Waals surface area contributed by atoms with Crippen LogP contribution >= 0.6 is 0 Å². The van der Waals surface area contributed by atoms with E-state index in [4.69, 9.17) is 11.0 Å². The zero-order chi connectivity index (χ0) is 28.2.